The van der Waals surface area contributed by atoms with Crippen LogP contribution in [-0.4, -0.2) is 63.6 Å². The van der Waals surface area contributed by atoms with E-state index in [1.54, 1.807) is 12.0 Å². The Balaban J connectivity index is 1.37. The monoisotopic (exact) mass is 422 g/mol. The molecule has 2 aliphatic rings. The summed E-state index contributed by atoms with van der Waals surface area (Å²) in [7, 11) is 3.75. The van der Waals surface area contributed by atoms with Gasteiger partial charge < -0.3 is 24.8 Å². The zero-order valence-electron chi connectivity index (χ0n) is 18.2. The maximum absolute atomic E-state index is 12.8. The summed E-state index contributed by atoms with van der Waals surface area (Å²) in [6.45, 7) is 4.90. The van der Waals surface area contributed by atoms with Crippen LogP contribution in [0.5, 0.6) is 5.75 Å². The molecule has 2 aromatic carbocycles. The van der Waals surface area contributed by atoms with Gasteiger partial charge in [0.2, 0.25) is 11.8 Å². The third-order valence-electron chi connectivity index (χ3n) is 6.17. The van der Waals surface area contributed by atoms with Gasteiger partial charge in [-0.05, 0) is 42.9 Å². The lowest BCUT2D eigenvalue weighted by Crippen LogP contribution is -2.45. The van der Waals surface area contributed by atoms with Crippen LogP contribution >= 0.6 is 0 Å². The minimum Gasteiger partial charge on any atom is -0.497 e. The van der Waals surface area contributed by atoms with E-state index in [-0.39, 0.29) is 24.2 Å². The van der Waals surface area contributed by atoms with Gasteiger partial charge in [0.1, 0.15) is 5.75 Å². The van der Waals surface area contributed by atoms with Crippen LogP contribution < -0.4 is 19.9 Å². The second-order valence-corrected chi connectivity index (χ2v) is 8.24. The van der Waals surface area contributed by atoms with E-state index in [9.17, 15) is 9.59 Å². The Morgan fingerprint density at radius 1 is 1.06 bits per heavy atom. The van der Waals surface area contributed by atoms with Crippen molar-refractivity contribution in [3.63, 3.8) is 0 Å². The first-order valence-electron chi connectivity index (χ1n) is 10.8. The van der Waals surface area contributed by atoms with Crippen LogP contribution in [0.4, 0.5) is 11.4 Å². The molecule has 2 fully saturated rings. The number of anilines is 2. The van der Waals surface area contributed by atoms with Crippen LogP contribution in [0.1, 0.15) is 12.0 Å². The van der Waals surface area contributed by atoms with Crippen molar-refractivity contribution in [2.45, 2.75) is 13.0 Å². The van der Waals surface area contributed by atoms with Gasteiger partial charge in [-0.1, -0.05) is 18.2 Å². The van der Waals surface area contributed by atoms with Gasteiger partial charge in [-0.25, -0.2) is 0 Å². The highest BCUT2D eigenvalue weighted by atomic mass is 16.5. The highest BCUT2D eigenvalue weighted by Gasteiger charge is 2.35. The molecule has 0 aromatic heterocycles. The third kappa shape index (κ3) is 4.82. The van der Waals surface area contributed by atoms with E-state index >= 15 is 0 Å². The number of methoxy groups -OCH3 is 1. The number of benzene rings is 2. The van der Waals surface area contributed by atoms with Crippen LogP contribution in [0, 0.1) is 5.92 Å². The Hall–Kier alpha value is -3.06. The number of carbonyl (C=O) groups is 2. The number of ether oxygens (including phenoxy) is 1. The standard InChI is InChI=1S/C24H30N4O3/c1-26-11-13-27(14-12-26)22-6-4-3-5-18(22)16-25-24(30)19-15-23(29)28(17-19)20-7-9-21(31-2)10-8-20/h3-10,19H,11-17H2,1-2H3,(H,25,30). The number of hydrogen-bond donors (Lipinski definition) is 1. The van der Waals surface area contributed by atoms with E-state index in [1.807, 2.05) is 36.4 Å². The number of amides is 2. The van der Waals surface area contributed by atoms with Crippen LogP contribution in [0.3, 0.4) is 0 Å². The fraction of sp³-hybridized carbons (Fsp3) is 0.417. The summed E-state index contributed by atoms with van der Waals surface area (Å²) < 4.78 is 5.18. The first kappa shape index (κ1) is 21.2. The molecule has 7 heteroatoms. The summed E-state index contributed by atoms with van der Waals surface area (Å²) in [5.41, 5.74) is 3.08. The molecule has 31 heavy (non-hydrogen) atoms. The largest absolute Gasteiger partial charge is 0.497 e. The molecule has 0 spiro atoms. The van der Waals surface area contributed by atoms with Gasteiger partial charge in [-0.15, -0.1) is 0 Å². The zero-order chi connectivity index (χ0) is 21.8. The summed E-state index contributed by atoms with van der Waals surface area (Å²) in [5, 5.41) is 3.07. The van der Waals surface area contributed by atoms with Crippen molar-refractivity contribution in [1.29, 1.82) is 0 Å². The van der Waals surface area contributed by atoms with Gasteiger partial charge in [-0.2, -0.15) is 0 Å². The molecule has 1 N–H and O–H groups in total. The molecule has 2 aliphatic heterocycles. The van der Waals surface area contributed by atoms with E-state index in [0.717, 1.165) is 43.2 Å². The van der Waals surface area contributed by atoms with Crippen molar-refractivity contribution >= 4 is 23.2 Å². The Labute approximate surface area is 183 Å². The number of para-hydroxylation sites is 1. The van der Waals surface area contributed by atoms with Gasteiger partial charge in [-0.3, -0.25) is 9.59 Å². The average molecular weight is 423 g/mol. The topological polar surface area (TPSA) is 65.1 Å². The fourth-order valence-corrected chi connectivity index (χ4v) is 4.24. The maximum Gasteiger partial charge on any atom is 0.227 e. The summed E-state index contributed by atoms with van der Waals surface area (Å²) in [4.78, 5) is 31.7. The minimum absolute atomic E-state index is 0.0249. The molecule has 2 heterocycles. The minimum atomic E-state index is -0.342. The Morgan fingerprint density at radius 2 is 1.77 bits per heavy atom. The smallest absolute Gasteiger partial charge is 0.227 e. The normalized spacial score (nSPS) is 19.5. The molecular formula is C24H30N4O3. The Bertz CT molecular complexity index is 923. The Kier molecular flexibility index (Phi) is 6.42. The van der Waals surface area contributed by atoms with Gasteiger partial charge in [0.25, 0.3) is 0 Å². The molecule has 0 aliphatic carbocycles. The van der Waals surface area contributed by atoms with E-state index < -0.39 is 0 Å². The lowest BCUT2D eigenvalue weighted by molar-refractivity contribution is -0.126. The molecule has 2 amide bonds. The summed E-state index contributed by atoms with van der Waals surface area (Å²) in [5.74, 6) is 0.301. The second-order valence-electron chi connectivity index (χ2n) is 8.24. The third-order valence-corrected chi connectivity index (χ3v) is 6.17. The molecule has 0 bridgehead atoms. The average Bonchev–Trinajstić information content (AvgIpc) is 3.20. The number of piperazine rings is 1. The predicted molar refractivity (Wildman–Crippen MR) is 121 cm³/mol. The van der Waals surface area contributed by atoms with Crippen LogP contribution in [0.25, 0.3) is 0 Å². The van der Waals surface area contributed by atoms with E-state index in [0.29, 0.717) is 13.1 Å². The number of likely N-dealkylation sites (N-methyl/N-ethyl adjacent to an activating group) is 1. The summed E-state index contributed by atoms with van der Waals surface area (Å²) in [6.07, 6.45) is 0.234. The number of nitrogens with zero attached hydrogens (tertiary/aromatic N) is 3. The van der Waals surface area contributed by atoms with Crippen LogP contribution in [-0.2, 0) is 16.1 Å². The molecule has 2 aromatic rings. The molecule has 1 atom stereocenters. The van der Waals surface area contributed by atoms with Crippen molar-refractivity contribution in [3.05, 3.63) is 54.1 Å². The Morgan fingerprint density at radius 3 is 2.48 bits per heavy atom. The molecule has 7 nitrogen and oxygen atoms in total. The predicted octanol–water partition coefficient (Wildman–Crippen LogP) is 2.12. The highest BCUT2D eigenvalue weighted by molar-refractivity contribution is 6.00. The van der Waals surface area contributed by atoms with Crippen molar-refractivity contribution in [1.82, 2.24) is 10.2 Å². The molecule has 2 saturated heterocycles. The number of hydrogen-bond acceptors (Lipinski definition) is 5. The van der Waals surface area contributed by atoms with Crippen molar-refractivity contribution in [2.24, 2.45) is 5.92 Å². The van der Waals surface area contributed by atoms with E-state index in [1.165, 1.54) is 5.69 Å². The zero-order valence-corrected chi connectivity index (χ0v) is 18.2. The molecular weight excluding hydrogens is 392 g/mol. The molecule has 164 valence electrons. The lowest BCUT2D eigenvalue weighted by atomic mass is 10.1. The van der Waals surface area contributed by atoms with Gasteiger partial charge >= 0.3 is 0 Å². The van der Waals surface area contributed by atoms with Crippen molar-refractivity contribution < 1.29 is 14.3 Å². The molecule has 0 saturated carbocycles. The molecule has 4 rings (SSSR count). The van der Waals surface area contributed by atoms with Crippen LogP contribution in [0.15, 0.2) is 48.5 Å². The first-order chi connectivity index (χ1) is 15.0. The van der Waals surface area contributed by atoms with Crippen molar-refractivity contribution in [2.75, 3.05) is 56.7 Å². The molecule has 0 radical (unpaired) electrons. The van der Waals surface area contributed by atoms with Gasteiger partial charge in [0.15, 0.2) is 0 Å². The van der Waals surface area contributed by atoms with Gasteiger partial charge in [0.05, 0.1) is 13.0 Å². The number of nitrogens with one attached hydrogen (secondary N) is 1. The highest BCUT2D eigenvalue weighted by Crippen LogP contribution is 2.27. The van der Waals surface area contributed by atoms with Gasteiger partial charge in [0, 0.05) is 57.1 Å². The maximum atomic E-state index is 12.8. The SMILES string of the molecule is COc1ccc(N2CC(C(=O)NCc3ccccc3N3CCN(C)CC3)CC2=O)cc1. The van der Waals surface area contributed by atoms with E-state index in [2.05, 4.69) is 34.3 Å². The van der Waals surface area contributed by atoms with Crippen LogP contribution in [0.2, 0.25) is 0 Å². The van der Waals surface area contributed by atoms with E-state index in [4.69, 9.17) is 4.74 Å². The number of carbonyl (C=O) groups excluding carboxylic acids is 2. The fourth-order valence-electron chi connectivity index (χ4n) is 4.24. The lowest BCUT2D eigenvalue weighted by Gasteiger charge is -2.35. The summed E-state index contributed by atoms with van der Waals surface area (Å²) >= 11 is 0. The second kappa shape index (κ2) is 9.39. The first-order valence-corrected chi connectivity index (χ1v) is 10.8. The quantitative estimate of drug-likeness (QED) is 0.773. The number of rotatable bonds is 6. The van der Waals surface area contributed by atoms with Crippen molar-refractivity contribution in [3.8, 4) is 5.75 Å². The summed E-state index contributed by atoms with van der Waals surface area (Å²) in [6, 6.07) is 15.6. The molecule has 1 unspecified atom stereocenters.